The zero-order chi connectivity index (χ0) is 14.9. The van der Waals surface area contributed by atoms with Crippen LogP contribution in [0, 0.1) is 19.8 Å². The molecule has 20 heavy (non-hydrogen) atoms. The Labute approximate surface area is 123 Å². The summed E-state index contributed by atoms with van der Waals surface area (Å²) in [5.74, 6) is 0.872. The van der Waals surface area contributed by atoms with Crippen LogP contribution in [0.25, 0.3) is 5.95 Å². The van der Waals surface area contributed by atoms with Gasteiger partial charge in [-0.15, -0.1) is 0 Å². The van der Waals surface area contributed by atoms with Gasteiger partial charge in [0.15, 0.2) is 0 Å². The maximum absolute atomic E-state index is 9.50. The molecule has 5 nitrogen and oxygen atoms in total. The second kappa shape index (κ2) is 5.89. The second-order valence-electron chi connectivity index (χ2n) is 5.33. The fourth-order valence-corrected chi connectivity index (χ4v) is 2.40. The molecule has 2 aromatic rings. The van der Waals surface area contributed by atoms with E-state index in [4.69, 9.17) is 11.6 Å². The van der Waals surface area contributed by atoms with E-state index in [1.165, 1.54) is 4.68 Å². The van der Waals surface area contributed by atoms with E-state index >= 15 is 0 Å². The molecule has 1 N–H and O–H groups in total. The van der Waals surface area contributed by atoms with Crippen molar-refractivity contribution in [3.05, 3.63) is 33.9 Å². The summed E-state index contributed by atoms with van der Waals surface area (Å²) < 4.78 is 1.50. The van der Waals surface area contributed by atoms with Crippen molar-refractivity contribution in [1.29, 1.82) is 0 Å². The molecule has 2 rings (SSSR count). The molecular formula is C14H19ClN4O. The normalized spacial score (nSPS) is 11.3. The van der Waals surface area contributed by atoms with Crippen LogP contribution in [-0.4, -0.2) is 24.9 Å². The van der Waals surface area contributed by atoms with E-state index in [-0.39, 0.29) is 6.61 Å². The first-order valence-corrected chi connectivity index (χ1v) is 7.00. The fraction of sp³-hybridized carbons (Fsp3) is 0.500. The summed E-state index contributed by atoms with van der Waals surface area (Å²) in [6.45, 7) is 7.86. The van der Waals surface area contributed by atoms with Gasteiger partial charge in [0, 0.05) is 17.0 Å². The highest BCUT2D eigenvalue weighted by atomic mass is 35.5. The minimum Gasteiger partial charge on any atom is -0.391 e. The van der Waals surface area contributed by atoms with Crippen molar-refractivity contribution in [2.45, 2.75) is 40.7 Å². The summed E-state index contributed by atoms with van der Waals surface area (Å²) in [6.07, 6.45) is 0.757. The lowest BCUT2D eigenvalue weighted by Crippen LogP contribution is -2.06. The fourth-order valence-electron chi connectivity index (χ4n) is 2.11. The highest BCUT2D eigenvalue weighted by Gasteiger charge is 2.19. The summed E-state index contributed by atoms with van der Waals surface area (Å²) in [6, 6.07) is 1.89. The quantitative estimate of drug-likeness (QED) is 0.941. The molecule has 2 aromatic heterocycles. The number of aliphatic hydroxyl groups is 1. The summed E-state index contributed by atoms with van der Waals surface area (Å²) in [7, 11) is 0. The van der Waals surface area contributed by atoms with Gasteiger partial charge in [-0.25, -0.2) is 9.97 Å². The Hall–Kier alpha value is -1.46. The number of halogens is 1. The molecule has 0 atom stereocenters. The molecular weight excluding hydrogens is 276 g/mol. The maximum Gasteiger partial charge on any atom is 0.252 e. The minimum absolute atomic E-state index is 0.133. The van der Waals surface area contributed by atoms with Gasteiger partial charge < -0.3 is 5.11 Å². The number of aromatic nitrogens is 4. The summed E-state index contributed by atoms with van der Waals surface area (Å²) in [4.78, 5) is 8.71. The lowest BCUT2D eigenvalue weighted by molar-refractivity contribution is 0.280. The summed E-state index contributed by atoms with van der Waals surface area (Å²) in [5.41, 5.74) is 3.17. The second-order valence-corrected chi connectivity index (χ2v) is 5.69. The number of aliphatic hydroxyl groups excluding tert-OH is 1. The van der Waals surface area contributed by atoms with E-state index in [0.29, 0.717) is 22.6 Å². The van der Waals surface area contributed by atoms with Gasteiger partial charge in [0.2, 0.25) is 0 Å². The Balaban J connectivity index is 2.54. The van der Waals surface area contributed by atoms with Gasteiger partial charge >= 0.3 is 0 Å². The molecule has 0 saturated heterocycles. The van der Waals surface area contributed by atoms with Crippen molar-refractivity contribution in [3.8, 4) is 5.95 Å². The van der Waals surface area contributed by atoms with Crippen LogP contribution in [0.2, 0.25) is 5.15 Å². The average Bonchev–Trinajstić information content (AvgIpc) is 2.63. The van der Waals surface area contributed by atoms with Crippen molar-refractivity contribution in [3.63, 3.8) is 0 Å². The standard InChI is InChI=1S/C14H19ClN4O/c1-8(2)5-12-11(7-20)13(15)19(18-12)14-16-9(3)6-10(4)17-14/h6,8,20H,5,7H2,1-4H3. The molecule has 0 bridgehead atoms. The van der Waals surface area contributed by atoms with Crippen molar-refractivity contribution in [1.82, 2.24) is 19.7 Å². The molecule has 108 valence electrons. The monoisotopic (exact) mass is 294 g/mol. The minimum atomic E-state index is -0.133. The summed E-state index contributed by atoms with van der Waals surface area (Å²) in [5, 5.41) is 14.4. The number of rotatable bonds is 4. The smallest absolute Gasteiger partial charge is 0.252 e. The molecule has 0 spiro atoms. The predicted octanol–water partition coefficient (Wildman–Crippen LogP) is 2.62. The van der Waals surface area contributed by atoms with E-state index in [1.807, 2.05) is 19.9 Å². The van der Waals surface area contributed by atoms with E-state index < -0.39 is 0 Å². The Morgan fingerprint density at radius 1 is 1.25 bits per heavy atom. The lowest BCUT2D eigenvalue weighted by atomic mass is 10.1. The SMILES string of the molecule is Cc1cc(C)nc(-n2nc(CC(C)C)c(CO)c2Cl)n1. The molecule has 0 amide bonds. The van der Waals surface area contributed by atoms with Crippen LogP contribution < -0.4 is 0 Å². The van der Waals surface area contributed by atoms with E-state index in [9.17, 15) is 5.11 Å². The largest absolute Gasteiger partial charge is 0.391 e. The molecule has 0 aliphatic rings. The number of aryl methyl sites for hydroxylation is 2. The third-order valence-corrected chi connectivity index (χ3v) is 3.31. The highest BCUT2D eigenvalue weighted by molar-refractivity contribution is 6.30. The molecule has 0 radical (unpaired) electrons. The van der Waals surface area contributed by atoms with Crippen molar-refractivity contribution < 1.29 is 5.11 Å². The van der Waals surface area contributed by atoms with Gasteiger partial charge in [-0.2, -0.15) is 9.78 Å². The third-order valence-electron chi connectivity index (χ3n) is 2.92. The molecule has 0 aromatic carbocycles. The van der Waals surface area contributed by atoms with Crippen molar-refractivity contribution in [2.24, 2.45) is 5.92 Å². The van der Waals surface area contributed by atoms with Gasteiger partial charge in [-0.3, -0.25) is 0 Å². The van der Waals surface area contributed by atoms with Gasteiger partial charge in [0.1, 0.15) is 5.15 Å². The van der Waals surface area contributed by atoms with Gasteiger partial charge in [-0.1, -0.05) is 25.4 Å². The Morgan fingerprint density at radius 2 is 1.85 bits per heavy atom. The van der Waals surface area contributed by atoms with Crippen LogP contribution in [0.4, 0.5) is 0 Å². The van der Waals surface area contributed by atoms with E-state index in [1.54, 1.807) is 0 Å². The van der Waals surface area contributed by atoms with Crippen molar-refractivity contribution >= 4 is 11.6 Å². The maximum atomic E-state index is 9.50. The van der Waals surface area contributed by atoms with Crippen LogP contribution in [0.1, 0.15) is 36.5 Å². The predicted molar refractivity (Wildman–Crippen MR) is 78.1 cm³/mol. The van der Waals surface area contributed by atoms with Crippen LogP contribution in [-0.2, 0) is 13.0 Å². The zero-order valence-corrected chi connectivity index (χ0v) is 12.9. The topological polar surface area (TPSA) is 63.8 Å². The molecule has 0 aliphatic heterocycles. The Kier molecular flexibility index (Phi) is 4.40. The van der Waals surface area contributed by atoms with E-state index in [2.05, 4.69) is 28.9 Å². The van der Waals surface area contributed by atoms with Gasteiger partial charge in [0.25, 0.3) is 5.95 Å². The molecule has 2 heterocycles. The first-order chi connectivity index (χ1) is 9.42. The highest BCUT2D eigenvalue weighted by Crippen LogP contribution is 2.24. The van der Waals surface area contributed by atoms with Crippen molar-refractivity contribution in [2.75, 3.05) is 0 Å². The third kappa shape index (κ3) is 2.99. The first-order valence-electron chi connectivity index (χ1n) is 6.62. The van der Waals surface area contributed by atoms with Crippen LogP contribution in [0.5, 0.6) is 0 Å². The summed E-state index contributed by atoms with van der Waals surface area (Å²) >= 11 is 6.31. The Morgan fingerprint density at radius 3 is 2.35 bits per heavy atom. The molecule has 0 saturated carbocycles. The average molecular weight is 295 g/mol. The Bertz CT molecular complexity index is 602. The van der Waals surface area contributed by atoms with Gasteiger partial charge in [0.05, 0.1) is 12.3 Å². The van der Waals surface area contributed by atoms with Crippen LogP contribution in [0.15, 0.2) is 6.07 Å². The van der Waals surface area contributed by atoms with E-state index in [0.717, 1.165) is 23.5 Å². The van der Waals surface area contributed by atoms with Gasteiger partial charge in [-0.05, 0) is 32.3 Å². The first kappa shape index (κ1) is 14.9. The molecule has 0 aliphatic carbocycles. The molecule has 6 heteroatoms. The molecule has 0 fully saturated rings. The number of hydrogen-bond acceptors (Lipinski definition) is 4. The number of hydrogen-bond donors (Lipinski definition) is 1. The lowest BCUT2D eigenvalue weighted by Gasteiger charge is -2.04. The number of nitrogens with zero attached hydrogens (tertiary/aromatic N) is 4. The van der Waals surface area contributed by atoms with Crippen LogP contribution >= 0.6 is 11.6 Å². The van der Waals surface area contributed by atoms with Crippen LogP contribution in [0.3, 0.4) is 0 Å². The zero-order valence-electron chi connectivity index (χ0n) is 12.2. The molecule has 0 unspecified atom stereocenters.